The first kappa shape index (κ1) is 10.2. The van der Waals surface area contributed by atoms with Gasteiger partial charge in [0, 0.05) is 10.8 Å². The number of hydrogen-bond donors (Lipinski definition) is 2. The molecule has 0 amide bonds. The summed E-state index contributed by atoms with van der Waals surface area (Å²) in [5.74, 6) is -0.946. The molecule has 0 aliphatic heterocycles. The summed E-state index contributed by atoms with van der Waals surface area (Å²) >= 11 is 0. The van der Waals surface area contributed by atoms with Gasteiger partial charge in [-0.25, -0.2) is 4.79 Å². The summed E-state index contributed by atoms with van der Waals surface area (Å²) in [6.45, 7) is 0. The fraction of sp³-hybridized carbons (Fsp3) is 0. The van der Waals surface area contributed by atoms with Crippen molar-refractivity contribution in [3.05, 3.63) is 48.0 Å². The predicted molar refractivity (Wildman–Crippen MR) is 72.5 cm³/mol. The van der Waals surface area contributed by atoms with Gasteiger partial charge in [-0.3, -0.25) is 0 Å². The molecule has 2 heterocycles. The van der Waals surface area contributed by atoms with Crippen molar-refractivity contribution in [2.75, 3.05) is 0 Å². The molecule has 0 aliphatic rings. The number of rotatable bonds is 1. The van der Waals surface area contributed by atoms with Crippen molar-refractivity contribution >= 4 is 38.9 Å². The first-order chi connectivity index (χ1) is 9.25. The van der Waals surface area contributed by atoms with Gasteiger partial charge in [-0.2, -0.15) is 0 Å². The zero-order valence-corrected chi connectivity index (χ0v) is 9.81. The Morgan fingerprint density at radius 1 is 1.00 bits per heavy atom. The Morgan fingerprint density at radius 2 is 1.79 bits per heavy atom. The third-order valence-corrected chi connectivity index (χ3v) is 3.38. The summed E-state index contributed by atoms with van der Waals surface area (Å²) in [5.41, 5.74) is 3.22. The first-order valence-electron chi connectivity index (χ1n) is 5.91. The minimum Gasteiger partial charge on any atom is -0.478 e. The smallest absolute Gasteiger partial charge is 0.337 e. The SMILES string of the molecule is O=C(O)c1cccc2c1[nH]c1c3ccccc3oc21. The van der Waals surface area contributed by atoms with Gasteiger partial charge in [-0.1, -0.05) is 18.2 Å². The molecule has 0 radical (unpaired) electrons. The van der Waals surface area contributed by atoms with Gasteiger partial charge in [0.25, 0.3) is 0 Å². The zero-order valence-electron chi connectivity index (χ0n) is 9.81. The number of aromatic amines is 1. The molecule has 2 aromatic carbocycles. The largest absolute Gasteiger partial charge is 0.478 e. The van der Waals surface area contributed by atoms with Crippen LogP contribution in [0.5, 0.6) is 0 Å². The fourth-order valence-corrected chi connectivity index (χ4v) is 2.54. The van der Waals surface area contributed by atoms with Crippen LogP contribution >= 0.6 is 0 Å². The highest BCUT2D eigenvalue weighted by molar-refractivity contribution is 6.18. The number of carboxylic acid groups (broad SMARTS) is 1. The molecule has 2 aromatic heterocycles. The summed E-state index contributed by atoms with van der Waals surface area (Å²) in [6.07, 6.45) is 0. The van der Waals surface area contributed by atoms with Crippen LogP contribution in [-0.4, -0.2) is 16.1 Å². The molecule has 0 spiro atoms. The molecular weight excluding hydrogens is 242 g/mol. The lowest BCUT2D eigenvalue weighted by Crippen LogP contribution is -1.96. The van der Waals surface area contributed by atoms with Crippen LogP contribution in [0.1, 0.15) is 10.4 Å². The summed E-state index contributed by atoms with van der Waals surface area (Å²) in [5, 5.41) is 11.0. The number of hydrogen-bond acceptors (Lipinski definition) is 2. The molecule has 92 valence electrons. The number of benzene rings is 2. The average molecular weight is 251 g/mol. The third kappa shape index (κ3) is 1.25. The van der Waals surface area contributed by atoms with Crippen molar-refractivity contribution in [1.82, 2.24) is 4.98 Å². The maximum Gasteiger partial charge on any atom is 0.337 e. The lowest BCUT2D eigenvalue weighted by atomic mass is 10.1. The van der Waals surface area contributed by atoms with Crippen molar-refractivity contribution in [2.45, 2.75) is 0 Å². The summed E-state index contributed by atoms with van der Waals surface area (Å²) in [7, 11) is 0. The number of nitrogens with one attached hydrogen (secondary N) is 1. The van der Waals surface area contributed by atoms with Gasteiger partial charge < -0.3 is 14.5 Å². The van der Waals surface area contributed by atoms with Crippen LogP contribution in [0.3, 0.4) is 0 Å². The lowest BCUT2D eigenvalue weighted by molar-refractivity contribution is 0.0699. The fourth-order valence-electron chi connectivity index (χ4n) is 2.54. The van der Waals surface area contributed by atoms with E-state index < -0.39 is 5.97 Å². The number of aromatic carboxylic acids is 1. The van der Waals surface area contributed by atoms with Crippen molar-refractivity contribution in [3.8, 4) is 0 Å². The van der Waals surface area contributed by atoms with Gasteiger partial charge in [0.05, 0.1) is 16.6 Å². The maximum absolute atomic E-state index is 11.2. The normalized spacial score (nSPS) is 11.6. The summed E-state index contributed by atoms with van der Waals surface area (Å²) in [4.78, 5) is 14.4. The minimum absolute atomic E-state index is 0.257. The standard InChI is InChI=1S/C15H9NO3/c17-15(18)10-6-3-5-9-12(10)16-13-8-4-1-2-7-11(8)19-14(9)13/h1-7,16H,(H,17,18). The van der Waals surface area contributed by atoms with Crippen LogP contribution in [0, 0.1) is 0 Å². The second-order valence-corrected chi connectivity index (χ2v) is 4.46. The Balaban J connectivity index is 2.25. The van der Waals surface area contributed by atoms with E-state index in [0.717, 1.165) is 21.9 Å². The molecule has 4 rings (SSSR count). The number of para-hydroxylation sites is 2. The molecule has 0 aliphatic carbocycles. The summed E-state index contributed by atoms with van der Waals surface area (Å²) in [6, 6.07) is 12.9. The first-order valence-corrected chi connectivity index (χ1v) is 5.91. The van der Waals surface area contributed by atoms with Gasteiger partial charge in [0.2, 0.25) is 0 Å². The van der Waals surface area contributed by atoms with E-state index in [1.165, 1.54) is 0 Å². The van der Waals surface area contributed by atoms with Gasteiger partial charge in [0.15, 0.2) is 5.58 Å². The van der Waals surface area contributed by atoms with E-state index in [-0.39, 0.29) is 5.56 Å². The van der Waals surface area contributed by atoms with E-state index >= 15 is 0 Å². The highest BCUT2D eigenvalue weighted by Gasteiger charge is 2.16. The van der Waals surface area contributed by atoms with Gasteiger partial charge in [-0.15, -0.1) is 0 Å². The number of fused-ring (bicyclic) bond motifs is 5. The van der Waals surface area contributed by atoms with E-state index in [9.17, 15) is 9.90 Å². The van der Waals surface area contributed by atoms with Gasteiger partial charge in [0.1, 0.15) is 5.58 Å². The Morgan fingerprint density at radius 3 is 2.63 bits per heavy atom. The molecule has 0 saturated carbocycles. The highest BCUT2D eigenvalue weighted by atomic mass is 16.4. The Hall–Kier alpha value is -2.75. The molecule has 2 N–H and O–H groups in total. The van der Waals surface area contributed by atoms with E-state index in [0.29, 0.717) is 11.1 Å². The Bertz CT molecular complexity index is 946. The van der Waals surface area contributed by atoms with Crippen LogP contribution in [0.25, 0.3) is 33.0 Å². The van der Waals surface area contributed by atoms with E-state index in [1.54, 1.807) is 12.1 Å². The predicted octanol–water partition coefficient (Wildman–Crippen LogP) is 3.77. The highest BCUT2D eigenvalue weighted by Crippen LogP contribution is 2.34. The van der Waals surface area contributed by atoms with Gasteiger partial charge in [-0.05, 0) is 24.3 Å². The summed E-state index contributed by atoms with van der Waals surface area (Å²) < 4.78 is 5.82. The molecule has 0 unspecified atom stereocenters. The lowest BCUT2D eigenvalue weighted by Gasteiger charge is -1.96. The van der Waals surface area contributed by atoms with Crippen LogP contribution in [-0.2, 0) is 0 Å². The molecule has 0 fully saturated rings. The van der Waals surface area contributed by atoms with Gasteiger partial charge >= 0.3 is 5.97 Å². The molecule has 4 nitrogen and oxygen atoms in total. The Labute approximate surface area is 107 Å². The Kier molecular flexibility index (Phi) is 1.82. The van der Waals surface area contributed by atoms with Crippen molar-refractivity contribution < 1.29 is 14.3 Å². The topological polar surface area (TPSA) is 66.2 Å². The third-order valence-electron chi connectivity index (χ3n) is 3.38. The quantitative estimate of drug-likeness (QED) is 0.541. The molecule has 4 aromatic rings. The van der Waals surface area contributed by atoms with Crippen LogP contribution < -0.4 is 0 Å². The van der Waals surface area contributed by atoms with Crippen molar-refractivity contribution in [2.24, 2.45) is 0 Å². The number of carboxylic acids is 1. The maximum atomic E-state index is 11.2. The average Bonchev–Trinajstić information content (AvgIpc) is 2.94. The van der Waals surface area contributed by atoms with E-state index in [2.05, 4.69) is 4.98 Å². The van der Waals surface area contributed by atoms with Crippen LogP contribution in [0.2, 0.25) is 0 Å². The molecule has 19 heavy (non-hydrogen) atoms. The van der Waals surface area contributed by atoms with Crippen molar-refractivity contribution in [3.63, 3.8) is 0 Å². The monoisotopic (exact) mass is 251 g/mol. The number of H-pyrrole nitrogens is 1. The zero-order chi connectivity index (χ0) is 13.0. The second kappa shape index (κ2) is 3.38. The number of aromatic nitrogens is 1. The van der Waals surface area contributed by atoms with Crippen LogP contribution in [0.15, 0.2) is 46.9 Å². The second-order valence-electron chi connectivity index (χ2n) is 4.46. The molecule has 4 heteroatoms. The number of furan rings is 1. The minimum atomic E-state index is -0.946. The molecule has 0 atom stereocenters. The van der Waals surface area contributed by atoms with E-state index in [4.69, 9.17) is 4.42 Å². The van der Waals surface area contributed by atoms with Crippen LogP contribution in [0.4, 0.5) is 0 Å². The molecule has 0 saturated heterocycles. The van der Waals surface area contributed by atoms with E-state index in [1.807, 2.05) is 30.3 Å². The molecular formula is C15H9NO3. The number of carbonyl (C=O) groups is 1. The molecule has 0 bridgehead atoms. The van der Waals surface area contributed by atoms with Crippen molar-refractivity contribution in [1.29, 1.82) is 0 Å².